The van der Waals surface area contributed by atoms with Crippen LogP contribution in [-0.4, -0.2) is 15.5 Å². The quantitative estimate of drug-likeness (QED) is 0.700. The third-order valence-corrected chi connectivity index (χ3v) is 5.25. The van der Waals surface area contributed by atoms with Gasteiger partial charge in [-0.2, -0.15) is 5.26 Å². The number of hydrogen-bond donors (Lipinski definition) is 2. The molecule has 1 amide bonds. The maximum atomic E-state index is 11.5. The zero-order valence-corrected chi connectivity index (χ0v) is 15.0. The average Bonchev–Trinajstić information content (AvgIpc) is 2.83. The van der Waals surface area contributed by atoms with Gasteiger partial charge in [0.2, 0.25) is 5.91 Å². The molecule has 0 unspecified atom stereocenters. The van der Waals surface area contributed by atoms with Gasteiger partial charge in [-0.1, -0.05) is 24.6 Å². The lowest BCUT2D eigenvalue weighted by Gasteiger charge is -2.15. The summed E-state index contributed by atoms with van der Waals surface area (Å²) >= 11 is 0. The average molecular weight is 359 g/mol. The van der Waals surface area contributed by atoms with E-state index in [0.717, 1.165) is 65.4 Å². The highest BCUT2D eigenvalue weighted by molar-refractivity contribution is 5.99. The number of fused-ring (bicyclic) bond motifs is 2. The van der Waals surface area contributed by atoms with Crippen LogP contribution in [0.4, 0.5) is 5.82 Å². The molecule has 2 heterocycles. The number of benzene rings is 1. The third-order valence-electron chi connectivity index (χ3n) is 5.25. The standard InChI is InChI=1S/C21H21N5O/c22-10-15-20(14-7-2-1-3-8-17(14)25-21(15)24)16-11-26(12-19(23)27)18-9-5-4-6-13(16)18/h4-6,9,11H,1-3,7-8,12H2,(H2,23,27)(H2,24,25). The zero-order chi connectivity index (χ0) is 19.0. The lowest BCUT2D eigenvalue weighted by atomic mass is 9.91. The van der Waals surface area contributed by atoms with Crippen molar-refractivity contribution < 1.29 is 4.79 Å². The largest absolute Gasteiger partial charge is 0.383 e. The predicted molar refractivity (Wildman–Crippen MR) is 105 cm³/mol. The van der Waals surface area contributed by atoms with Crippen molar-refractivity contribution in [2.75, 3.05) is 5.73 Å². The molecule has 3 aromatic rings. The van der Waals surface area contributed by atoms with Crippen LogP contribution in [0.2, 0.25) is 0 Å². The number of hydrogen-bond acceptors (Lipinski definition) is 4. The van der Waals surface area contributed by atoms with Crippen molar-refractivity contribution in [1.82, 2.24) is 9.55 Å². The van der Waals surface area contributed by atoms with E-state index in [2.05, 4.69) is 11.1 Å². The van der Waals surface area contributed by atoms with Crippen LogP contribution in [0.5, 0.6) is 0 Å². The molecule has 1 aromatic carbocycles. The molecule has 0 bridgehead atoms. The van der Waals surface area contributed by atoms with E-state index in [-0.39, 0.29) is 12.4 Å². The van der Waals surface area contributed by atoms with Gasteiger partial charge in [0, 0.05) is 33.9 Å². The SMILES string of the molecule is N#Cc1c(N)nc2c(c1-c1cn(CC(N)=O)c3ccccc13)CCCCC2. The molecular weight excluding hydrogens is 338 g/mol. The van der Waals surface area contributed by atoms with E-state index >= 15 is 0 Å². The molecule has 0 radical (unpaired) electrons. The summed E-state index contributed by atoms with van der Waals surface area (Å²) in [4.78, 5) is 16.1. The third kappa shape index (κ3) is 2.91. The predicted octanol–water partition coefficient (Wildman–Crippen LogP) is 2.91. The molecule has 2 aromatic heterocycles. The van der Waals surface area contributed by atoms with Gasteiger partial charge in [0.15, 0.2) is 0 Å². The van der Waals surface area contributed by atoms with Crippen LogP contribution in [0.25, 0.3) is 22.0 Å². The van der Waals surface area contributed by atoms with Gasteiger partial charge in [-0.3, -0.25) is 4.79 Å². The topological polar surface area (TPSA) is 111 Å². The van der Waals surface area contributed by atoms with E-state index in [1.165, 1.54) is 0 Å². The van der Waals surface area contributed by atoms with Gasteiger partial charge >= 0.3 is 0 Å². The number of aromatic nitrogens is 2. The Morgan fingerprint density at radius 2 is 2.00 bits per heavy atom. The van der Waals surface area contributed by atoms with Gasteiger partial charge in [-0.15, -0.1) is 0 Å². The second-order valence-electron chi connectivity index (χ2n) is 7.00. The minimum Gasteiger partial charge on any atom is -0.383 e. The molecule has 4 rings (SSSR count). The molecule has 0 atom stereocenters. The Kier molecular flexibility index (Phi) is 4.28. The number of carbonyl (C=O) groups is 1. The summed E-state index contributed by atoms with van der Waals surface area (Å²) in [6.07, 6.45) is 6.95. The summed E-state index contributed by atoms with van der Waals surface area (Å²) in [5, 5.41) is 10.8. The van der Waals surface area contributed by atoms with E-state index in [0.29, 0.717) is 5.56 Å². The molecule has 1 aliphatic carbocycles. The number of nitrogens with zero attached hydrogens (tertiary/aromatic N) is 3. The first-order valence-corrected chi connectivity index (χ1v) is 9.18. The summed E-state index contributed by atoms with van der Waals surface area (Å²) in [5.41, 5.74) is 16.8. The number of nitriles is 1. The van der Waals surface area contributed by atoms with E-state index in [9.17, 15) is 10.1 Å². The van der Waals surface area contributed by atoms with Gasteiger partial charge in [-0.25, -0.2) is 4.98 Å². The Balaban J connectivity index is 2.06. The summed E-state index contributed by atoms with van der Waals surface area (Å²) in [6, 6.07) is 10.1. The number of nitrogen functional groups attached to an aromatic ring is 1. The first-order chi connectivity index (χ1) is 13.1. The number of anilines is 1. The van der Waals surface area contributed by atoms with Gasteiger partial charge in [0.05, 0.1) is 0 Å². The highest BCUT2D eigenvalue weighted by Gasteiger charge is 2.24. The molecule has 0 spiro atoms. The minimum atomic E-state index is -0.407. The first-order valence-electron chi connectivity index (χ1n) is 9.18. The van der Waals surface area contributed by atoms with Crippen molar-refractivity contribution >= 4 is 22.6 Å². The molecule has 6 heteroatoms. The van der Waals surface area contributed by atoms with Crippen LogP contribution < -0.4 is 11.5 Å². The van der Waals surface area contributed by atoms with Crippen LogP contribution in [0, 0.1) is 11.3 Å². The number of nitrogens with two attached hydrogens (primary N) is 2. The fraction of sp³-hybridized carbons (Fsp3) is 0.286. The van der Waals surface area contributed by atoms with Crippen molar-refractivity contribution in [2.24, 2.45) is 5.73 Å². The van der Waals surface area contributed by atoms with Crippen molar-refractivity contribution in [3.63, 3.8) is 0 Å². The molecule has 0 saturated heterocycles. The number of aryl methyl sites for hydroxylation is 1. The summed E-state index contributed by atoms with van der Waals surface area (Å²) < 4.78 is 1.84. The Bertz CT molecular complexity index is 1090. The molecular formula is C21H21N5O. The molecule has 1 aliphatic rings. The molecule has 0 fully saturated rings. The summed E-state index contributed by atoms with van der Waals surface area (Å²) in [6.45, 7) is 0.0884. The fourth-order valence-electron chi connectivity index (χ4n) is 4.09. The summed E-state index contributed by atoms with van der Waals surface area (Å²) in [5.74, 6) is -0.129. The van der Waals surface area contributed by atoms with Gasteiger partial charge in [0.25, 0.3) is 0 Å². The number of carbonyl (C=O) groups excluding carboxylic acids is 1. The molecule has 4 N–H and O–H groups in total. The minimum absolute atomic E-state index is 0.0884. The number of amides is 1. The van der Waals surface area contributed by atoms with Crippen LogP contribution in [0.3, 0.4) is 0 Å². The van der Waals surface area contributed by atoms with Crippen molar-refractivity contribution in [1.29, 1.82) is 5.26 Å². The molecule has 0 saturated carbocycles. The van der Waals surface area contributed by atoms with E-state index in [4.69, 9.17) is 11.5 Å². The highest BCUT2D eigenvalue weighted by Crippen LogP contribution is 2.39. The Morgan fingerprint density at radius 3 is 2.78 bits per heavy atom. The second-order valence-corrected chi connectivity index (χ2v) is 7.00. The van der Waals surface area contributed by atoms with Crippen molar-refractivity contribution in [3.05, 3.63) is 47.3 Å². The molecule has 27 heavy (non-hydrogen) atoms. The monoisotopic (exact) mass is 359 g/mol. The van der Waals surface area contributed by atoms with E-state index < -0.39 is 5.91 Å². The number of pyridine rings is 1. The van der Waals surface area contributed by atoms with E-state index in [1.807, 2.05) is 35.0 Å². The van der Waals surface area contributed by atoms with Crippen molar-refractivity contribution in [2.45, 2.75) is 38.6 Å². The van der Waals surface area contributed by atoms with E-state index in [1.54, 1.807) is 0 Å². The Hall–Kier alpha value is -3.33. The van der Waals surface area contributed by atoms with Crippen LogP contribution >= 0.6 is 0 Å². The maximum absolute atomic E-state index is 11.5. The maximum Gasteiger partial charge on any atom is 0.237 e. The van der Waals surface area contributed by atoms with Gasteiger partial charge in [-0.05, 0) is 37.3 Å². The molecule has 6 nitrogen and oxygen atoms in total. The lowest BCUT2D eigenvalue weighted by molar-refractivity contribution is -0.118. The first kappa shape index (κ1) is 17.1. The second kappa shape index (κ2) is 6.76. The highest BCUT2D eigenvalue weighted by atomic mass is 16.1. The normalized spacial score (nSPS) is 13.7. The summed E-state index contributed by atoms with van der Waals surface area (Å²) in [7, 11) is 0. The van der Waals surface area contributed by atoms with Crippen LogP contribution in [-0.2, 0) is 24.2 Å². The number of primary amides is 1. The fourth-order valence-corrected chi connectivity index (χ4v) is 4.09. The lowest BCUT2D eigenvalue weighted by Crippen LogP contribution is -2.17. The van der Waals surface area contributed by atoms with Crippen LogP contribution in [0.15, 0.2) is 30.5 Å². The molecule has 136 valence electrons. The van der Waals surface area contributed by atoms with Crippen LogP contribution in [0.1, 0.15) is 36.1 Å². The zero-order valence-electron chi connectivity index (χ0n) is 15.0. The Labute approximate surface area is 157 Å². The van der Waals surface area contributed by atoms with Gasteiger partial charge in [0.1, 0.15) is 24.0 Å². The Morgan fingerprint density at radius 1 is 1.22 bits per heavy atom. The molecule has 0 aliphatic heterocycles. The number of para-hydroxylation sites is 1. The van der Waals surface area contributed by atoms with Crippen molar-refractivity contribution in [3.8, 4) is 17.2 Å². The smallest absolute Gasteiger partial charge is 0.237 e. The number of rotatable bonds is 3. The van der Waals surface area contributed by atoms with Gasteiger partial charge < -0.3 is 16.0 Å².